The van der Waals surface area contributed by atoms with Gasteiger partial charge in [-0.1, -0.05) is 31.8 Å². The molecule has 0 bridgehead atoms. The van der Waals surface area contributed by atoms with Gasteiger partial charge in [0, 0.05) is 13.1 Å². The number of amidine groups is 1. The molecule has 0 fully saturated rings. The van der Waals surface area contributed by atoms with E-state index in [-0.39, 0.29) is 24.8 Å². The molecule has 3 amide bonds. The standard InChI is InChI=1S/C12H25N5O3/c1-3-5-12(6-4-2,9(13)17-20)10(18)15-7-8-16-11(14)19/h20H,3-8H2,1-2H3,(H2,13,17)(H,15,18)(H3,14,16,19). The molecule has 0 aromatic carbocycles. The predicted octanol–water partition coefficient (Wildman–Crippen LogP) is 0.104. The third kappa shape index (κ3) is 4.94. The highest BCUT2D eigenvalue weighted by Gasteiger charge is 2.41. The van der Waals surface area contributed by atoms with Crippen molar-refractivity contribution in [2.24, 2.45) is 22.0 Å². The number of urea groups is 1. The van der Waals surface area contributed by atoms with Crippen molar-refractivity contribution in [2.45, 2.75) is 39.5 Å². The van der Waals surface area contributed by atoms with E-state index in [0.717, 1.165) is 12.8 Å². The Balaban J connectivity index is 4.82. The molecule has 0 aliphatic heterocycles. The van der Waals surface area contributed by atoms with Crippen molar-refractivity contribution in [3.8, 4) is 0 Å². The Kier molecular flexibility index (Phi) is 8.10. The van der Waals surface area contributed by atoms with Gasteiger partial charge in [0.1, 0.15) is 5.41 Å². The second-order valence-electron chi connectivity index (χ2n) is 4.61. The first-order valence-corrected chi connectivity index (χ1v) is 6.74. The van der Waals surface area contributed by atoms with Gasteiger partial charge >= 0.3 is 6.03 Å². The second kappa shape index (κ2) is 9.00. The average molecular weight is 287 g/mol. The summed E-state index contributed by atoms with van der Waals surface area (Å²) in [6.45, 7) is 4.31. The maximum absolute atomic E-state index is 12.4. The lowest BCUT2D eigenvalue weighted by molar-refractivity contribution is -0.128. The first-order chi connectivity index (χ1) is 9.44. The fraction of sp³-hybridized carbons (Fsp3) is 0.750. The first-order valence-electron chi connectivity index (χ1n) is 6.74. The molecule has 0 aliphatic carbocycles. The SMILES string of the molecule is CCCC(CCC)(C(=O)NCCNC(N)=O)C(N)=NO. The number of nitrogens with zero attached hydrogens (tertiary/aromatic N) is 1. The molecular weight excluding hydrogens is 262 g/mol. The monoisotopic (exact) mass is 287 g/mol. The van der Waals surface area contributed by atoms with E-state index in [0.29, 0.717) is 12.8 Å². The summed E-state index contributed by atoms with van der Waals surface area (Å²) >= 11 is 0. The smallest absolute Gasteiger partial charge is 0.312 e. The summed E-state index contributed by atoms with van der Waals surface area (Å²) in [5, 5.41) is 17.0. The highest BCUT2D eigenvalue weighted by Crippen LogP contribution is 2.30. The highest BCUT2D eigenvalue weighted by atomic mass is 16.4. The number of oxime groups is 1. The van der Waals surface area contributed by atoms with Crippen LogP contribution >= 0.6 is 0 Å². The fourth-order valence-electron chi connectivity index (χ4n) is 2.20. The second-order valence-corrected chi connectivity index (χ2v) is 4.61. The lowest BCUT2D eigenvalue weighted by Gasteiger charge is -2.30. The van der Waals surface area contributed by atoms with Crippen molar-refractivity contribution in [2.75, 3.05) is 13.1 Å². The van der Waals surface area contributed by atoms with Gasteiger partial charge in [-0.25, -0.2) is 4.79 Å². The van der Waals surface area contributed by atoms with Crippen LogP contribution in [0.4, 0.5) is 4.79 Å². The summed E-state index contributed by atoms with van der Waals surface area (Å²) in [6, 6.07) is -0.649. The van der Waals surface area contributed by atoms with Crippen LogP contribution < -0.4 is 22.1 Å². The normalized spacial score (nSPS) is 12.0. The summed E-state index contributed by atoms with van der Waals surface area (Å²) in [4.78, 5) is 22.9. The van der Waals surface area contributed by atoms with Crippen molar-refractivity contribution in [3.05, 3.63) is 0 Å². The zero-order valence-corrected chi connectivity index (χ0v) is 12.1. The summed E-state index contributed by atoms with van der Waals surface area (Å²) in [7, 11) is 0. The van der Waals surface area contributed by atoms with Crippen LogP contribution in [0.1, 0.15) is 39.5 Å². The van der Waals surface area contributed by atoms with Crippen molar-refractivity contribution in [1.82, 2.24) is 10.6 Å². The lowest BCUT2D eigenvalue weighted by atomic mass is 9.77. The van der Waals surface area contributed by atoms with Crippen LogP contribution in [0.5, 0.6) is 0 Å². The minimum atomic E-state index is -1.01. The molecule has 116 valence electrons. The van der Waals surface area contributed by atoms with Gasteiger partial charge in [-0.15, -0.1) is 0 Å². The Bertz CT molecular complexity index is 351. The number of hydrogen-bond donors (Lipinski definition) is 5. The zero-order valence-electron chi connectivity index (χ0n) is 12.1. The molecule has 8 nitrogen and oxygen atoms in total. The van der Waals surface area contributed by atoms with Gasteiger partial charge in [0.15, 0.2) is 5.84 Å². The maximum Gasteiger partial charge on any atom is 0.312 e. The van der Waals surface area contributed by atoms with E-state index in [1.54, 1.807) is 0 Å². The van der Waals surface area contributed by atoms with Gasteiger partial charge in [0.05, 0.1) is 0 Å². The Morgan fingerprint density at radius 3 is 2.00 bits per heavy atom. The molecule has 0 heterocycles. The molecule has 0 saturated carbocycles. The summed E-state index contributed by atoms with van der Waals surface area (Å²) in [5.74, 6) is -0.385. The highest BCUT2D eigenvalue weighted by molar-refractivity contribution is 6.06. The van der Waals surface area contributed by atoms with Crippen LogP contribution in [-0.2, 0) is 4.79 Å². The topological polar surface area (TPSA) is 143 Å². The number of carbonyl (C=O) groups excluding carboxylic acids is 2. The Labute approximate surface area is 118 Å². The van der Waals surface area contributed by atoms with Crippen LogP contribution in [0.15, 0.2) is 5.16 Å². The van der Waals surface area contributed by atoms with Crippen LogP contribution in [0, 0.1) is 5.41 Å². The molecule has 0 radical (unpaired) electrons. The van der Waals surface area contributed by atoms with Crippen LogP contribution in [0.3, 0.4) is 0 Å². The third-order valence-electron chi connectivity index (χ3n) is 3.10. The lowest BCUT2D eigenvalue weighted by Crippen LogP contribution is -2.51. The van der Waals surface area contributed by atoms with Crippen molar-refractivity contribution in [3.63, 3.8) is 0 Å². The van der Waals surface area contributed by atoms with Gasteiger partial charge in [-0.3, -0.25) is 4.79 Å². The largest absolute Gasteiger partial charge is 0.409 e. The van der Waals surface area contributed by atoms with Crippen molar-refractivity contribution >= 4 is 17.8 Å². The van der Waals surface area contributed by atoms with Gasteiger partial charge < -0.3 is 27.3 Å². The van der Waals surface area contributed by atoms with E-state index >= 15 is 0 Å². The van der Waals surface area contributed by atoms with E-state index in [4.69, 9.17) is 16.7 Å². The molecule has 0 atom stereocenters. The molecule has 0 spiro atoms. The molecule has 0 aromatic rings. The third-order valence-corrected chi connectivity index (χ3v) is 3.10. The Morgan fingerprint density at radius 2 is 1.60 bits per heavy atom. The number of primary amides is 1. The van der Waals surface area contributed by atoms with Crippen LogP contribution in [0.2, 0.25) is 0 Å². The van der Waals surface area contributed by atoms with Crippen molar-refractivity contribution in [1.29, 1.82) is 0 Å². The average Bonchev–Trinajstić information content (AvgIpc) is 2.41. The number of carbonyl (C=O) groups is 2. The number of amides is 3. The summed E-state index contributed by atoms with van der Waals surface area (Å²) in [6.07, 6.45) is 2.43. The Morgan fingerprint density at radius 1 is 1.10 bits per heavy atom. The van der Waals surface area contributed by atoms with E-state index in [1.165, 1.54) is 0 Å². The maximum atomic E-state index is 12.4. The van der Waals surface area contributed by atoms with Gasteiger partial charge in [0.25, 0.3) is 0 Å². The predicted molar refractivity (Wildman–Crippen MR) is 76.3 cm³/mol. The van der Waals surface area contributed by atoms with E-state index < -0.39 is 11.4 Å². The molecule has 7 N–H and O–H groups in total. The quantitative estimate of drug-likeness (QED) is 0.135. The molecule has 0 unspecified atom stereocenters. The Hall–Kier alpha value is -1.99. The zero-order chi connectivity index (χ0) is 15.6. The molecule has 8 heteroatoms. The number of nitrogens with two attached hydrogens (primary N) is 2. The van der Waals surface area contributed by atoms with Crippen LogP contribution in [-0.4, -0.2) is 36.1 Å². The minimum Gasteiger partial charge on any atom is -0.409 e. The van der Waals surface area contributed by atoms with E-state index in [2.05, 4.69) is 15.8 Å². The summed E-state index contributed by atoms with van der Waals surface area (Å²) < 4.78 is 0. The molecule has 0 aromatic heterocycles. The van der Waals surface area contributed by atoms with Gasteiger partial charge in [-0.05, 0) is 12.8 Å². The fourth-order valence-corrected chi connectivity index (χ4v) is 2.20. The first kappa shape index (κ1) is 18.0. The van der Waals surface area contributed by atoms with E-state index in [9.17, 15) is 9.59 Å². The van der Waals surface area contributed by atoms with E-state index in [1.807, 2.05) is 13.8 Å². The molecule has 0 aliphatic rings. The molecular formula is C12H25N5O3. The molecule has 0 saturated heterocycles. The molecule has 20 heavy (non-hydrogen) atoms. The number of rotatable bonds is 9. The minimum absolute atomic E-state index is 0.0819. The van der Waals surface area contributed by atoms with Crippen LogP contribution in [0.25, 0.3) is 0 Å². The van der Waals surface area contributed by atoms with Gasteiger partial charge in [-0.2, -0.15) is 0 Å². The number of hydrogen-bond acceptors (Lipinski definition) is 4. The van der Waals surface area contributed by atoms with Gasteiger partial charge in [0.2, 0.25) is 5.91 Å². The number of nitrogens with one attached hydrogen (secondary N) is 2. The summed E-state index contributed by atoms with van der Waals surface area (Å²) in [5.41, 5.74) is 9.64. The molecule has 0 rings (SSSR count). The van der Waals surface area contributed by atoms with Crippen molar-refractivity contribution < 1.29 is 14.8 Å².